The molecule has 0 spiro atoms. The average molecular weight is 260 g/mol. The number of hydrogen-bond acceptors (Lipinski definition) is 4. The van der Waals surface area contributed by atoms with Gasteiger partial charge in [0.25, 0.3) is 0 Å². The van der Waals surface area contributed by atoms with Gasteiger partial charge in [-0.3, -0.25) is 4.79 Å². The number of aromatic nitrogens is 2. The fourth-order valence-corrected chi connectivity index (χ4v) is 3.11. The molecular formula is C14H20N4O. The quantitative estimate of drug-likeness (QED) is 0.831. The minimum absolute atomic E-state index is 0.231. The lowest BCUT2D eigenvalue weighted by atomic mass is 9.88. The largest absolute Gasteiger partial charge is 0.368 e. The second-order valence-electron chi connectivity index (χ2n) is 5.54. The van der Waals surface area contributed by atoms with E-state index < -0.39 is 0 Å². The molecule has 2 aliphatic rings. The Labute approximate surface area is 113 Å². The Kier molecular flexibility index (Phi) is 3.36. The van der Waals surface area contributed by atoms with Crippen LogP contribution in [0.4, 0.5) is 5.95 Å². The van der Waals surface area contributed by atoms with Crippen molar-refractivity contribution in [3.05, 3.63) is 17.5 Å². The van der Waals surface area contributed by atoms with Crippen LogP contribution in [-0.2, 0) is 17.8 Å². The molecule has 0 atom stereocenters. The first-order chi connectivity index (χ1) is 9.24. The molecule has 1 aliphatic heterocycles. The van der Waals surface area contributed by atoms with E-state index in [0.29, 0.717) is 18.4 Å². The lowest BCUT2D eigenvalue weighted by Crippen LogP contribution is -2.40. The highest BCUT2D eigenvalue weighted by Gasteiger charge is 2.28. The molecule has 3 rings (SSSR count). The minimum atomic E-state index is 0.231. The summed E-state index contributed by atoms with van der Waals surface area (Å²) >= 11 is 0. The van der Waals surface area contributed by atoms with Crippen LogP contribution in [0.15, 0.2) is 6.20 Å². The molecule has 0 radical (unpaired) electrons. The molecule has 102 valence electrons. The van der Waals surface area contributed by atoms with Gasteiger partial charge in [-0.1, -0.05) is 19.3 Å². The number of anilines is 1. The maximum absolute atomic E-state index is 12.5. The fraction of sp³-hybridized carbons (Fsp3) is 0.643. The van der Waals surface area contributed by atoms with Gasteiger partial charge >= 0.3 is 0 Å². The van der Waals surface area contributed by atoms with Crippen LogP contribution >= 0.6 is 0 Å². The number of carbonyl (C=O) groups excluding carboxylic acids is 1. The third-order valence-electron chi connectivity index (χ3n) is 4.23. The number of nitrogens with zero attached hydrogens (tertiary/aromatic N) is 3. The van der Waals surface area contributed by atoms with Gasteiger partial charge in [0, 0.05) is 18.7 Å². The summed E-state index contributed by atoms with van der Waals surface area (Å²) in [5.74, 6) is 0.836. The molecule has 1 amide bonds. The Morgan fingerprint density at radius 3 is 2.89 bits per heavy atom. The van der Waals surface area contributed by atoms with Crippen molar-refractivity contribution in [3.63, 3.8) is 0 Å². The second kappa shape index (κ2) is 5.15. The van der Waals surface area contributed by atoms with E-state index in [1.165, 1.54) is 19.3 Å². The van der Waals surface area contributed by atoms with Crippen LogP contribution in [0.2, 0.25) is 0 Å². The van der Waals surface area contributed by atoms with E-state index in [0.717, 1.165) is 37.1 Å². The number of amides is 1. The molecular weight excluding hydrogens is 240 g/mol. The molecule has 5 nitrogen and oxygen atoms in total. The van der Waals surface area contributed by atoms with Crippen LogP contribution < -0.4 is 5.73 Å². The predicted molar refractivity (Wildman–Crippen MR) is 72.1 cm³/mol. The third-order valence-corrected chi connectivity index (χ3v) is 4.23. The normalized spacial score (nSPS) is 20.1. The first-order valence-electron chi connectivity index (χ1n) is 7.13. The molecule has 19 heavy (non-hydrogen) atoms. The van der Waals surface area contributed by atoms with Gasteiger partial charge in [-0.25, -0.2) is 9.97 Å². The molecule has 1 aliphatic carbocycles. The SMILES string of the molecule is Nc1ncc2c(n1)CN(C(=O)C1CCCCC1)CC2. The summed E-state index contributed by atoms with van der Waals surface area (Å²) in [4.78, 5) is 22.7. The van der Waals surface area contributed by atoms with Gasteiger partial charge in [0.05, 0.1) is 12.2 Å². The summed E-state index contributed by atoms with van der Waals surface area (Å²) < 4.78 is 0. The minimum Gasteiger partial charge on any atom is -0.368 e. The lowest BCUT2D eigenvalue weighted by Gasteiger charge is -2.32. The number of fused-ring (bicyclic) bond motifs is 1. The van der Waals surface area contributed by atoms with E-state index >= 15 is 0 Å². The molecule has 2 heterocycles. The summed E-state index contributed by atoms with van der Waals surface area (Å²) in [5.41, 5.74) is 7.67. The average Bonchev–Trinajstić information content (AvgIpc) is 2.46. The highest BCUT2D eigenvalue weighted by Crippen LogP contribution is 2.27. The van der Waals surface area contributed by atoms with E-state index in [-0.39, 0.29) is 5.92 Å². The molecule has 1 fully saturated rings. The monoisotopic (exact) mass is 260 g/mol. The van der Waals surface area contributed by atoms with Crippen LogP contribution in [0.3, 0.4) is 0 Å². The number of nitrogens with two attached hydrogens (primary N) is 1. The Hall–Kier alpha value is -1.65. The Bertz CT molecular complexity index is 482. The van der Waals surface area contributed by atoms with Crippen LogP contribution in [0.1, 0.15) is 43.4 Å². The fourth-order valence-electron chi connectivity index (χ4n) is 3.11. The molecule has 2 N–H and O–H groups in total. The molecule has 0 saturated heterocycles. The van der Waals surface area contributed by atoms with Gasteiger partial charge in [-0.05, 0) is 24.8 Å². The smallest absolute Gasteiger partial charge is 0.226 e. The molecule has 1 aromatic heterocycles. The lowest BCUT2D eigenvalue weighted by molar-refractivity contribution is -0.137. The van der Waals surface area contributed by atoms with Crippen LogP contribution in [0.5, 0.6) is 0 Å². The van der Waals surface area contributed by atoms with Crippen LogP contribution in [0, 0.1) is 5.92 Å². The van der Waals surface area contributed by atoms with Crippen molar-refractivity contribution in [2.24, 2.45) is 5.92 Å². The zero-order valence-corrected chi connectivity index (χ0v) is 11.1. The summed E-state index contributed by atoms with van der Waals surface area (Å²) in [5, 5.41) is 0. The van der Waals surface area contributed by atoms with Gasteiger partial charge in [0.1, 0.15) is 0 Å². The third kappa shape index (κ3) is 2.55. The predicted octanol–water partition coefficient (Wildman–Crippen LogP) is 1.52. The van der Waals surface area contributed by atoms with E-state index in [4.69, 9.17) is 5.73 Å². The summed E-state index contributed by atoms with van der Waals surface area (Å²) in [6, 6.07) is 0. The van der Waals surface area contributed by atoms with Gasteiger partial charge < -0.3 is 10.6 Å². The summed E-state index contributed by atoms with van der Waals surface area (Å²) in [6.45, 7) is 1.38. The molecule has 0 bridgehead atoms. The highest BCUT2D eigenvalue weighted by molar-refractivity contribution is 5.79. The number of carbonyl (C=O) groups is 1. The van der Waals surface area contributed by atoms with E-state index in [1.807, 2.05) is 4.90 Å². The zero-order chi connectivity index (χ0) is 13.2. The Morgan fingerprint density at radius 1 is 1.32 bits per heavy atom. The van der Waals surface area contributed by atoms with Crippen molar-refractivity contribution in [1.82, 2.24) is 14.9 Å². The molecule has 0 unspecified atom stereocenters. The van der Waals surface area contributed by atoms with Crippen molar-refractivity contribution in [2.75, 3.05) is 12.3 Å². The Balaban J connectivity index is 1.72. The van der Waals surface area contributed by atoms with Crippen LogP contribution in [-0.4, -0.2) is 27.3 Å². The van der Waals surface area contributed by atoms with Crippen molar-refractivity contribution < 1.29 is 4.79 Å². The van der Waals surface area contributed by atoms with E-state index in [1.54, 1.807) is 6.20 Å². The zero-order valence-electron chi connectivity index (χ0n) is 11.1. The molecule has 0 aromatic carbocycles. The topological polar surface area (TPSA) is 72.1 Å². The van der Waals surface area contributed by atoms with E-state index in [2.05, 4.69) is 9.97 Å². The number of nitrogen functional groups attached to an aromatic ring is 1. The summed E-state index contributed by atoms with van der Waals surface area (Å²) in [6.07, 6.45) is 8.39. The Morgan fingerprint density at radius 2 is 2.11 bits per heavy atom. The van der Waals surface area contributed by atoms with Crippen molar-refractivity contribution in [3.8, 4) is 0 Å². The van der Waals surface area contributed by atoms with E-state index in [9.17, 15) is 4.79 Å². The van der Waals surface area contributed by atoms with Gasteiger partial charge in [0.2, 0.25) is 11.9 Å². The van der Waals surface area contributed by atoms with Crippen molar-refractivity contribution in [2.45, 2.75) is 45.1 Å². The maximum Gasteiger partial charge on any atom is 0.226 e. The first-order valence-corrected chi connectivity index (χ1v) is 7.13. The first kappa shape index (κ1) is 12.4. The van der Waals surface area contributed by atoms with Crippen LogP contribution in [0.25, 0.3) is 0 Å². The molecule has 1 saturated carbocycles. The van der Waals surface area contributed by atoms with Gasteiger partial charge in [-0.2, -0.15) is 0 Å². The standard InChI is InChI=1S/C14H20N4O/c15-14-16-8-11-6-7-18(9-12(11)17-14)13(19)10-4-2-1-3-5-10/h8,10H,1-7,9H2,(H2,15,16,17). The number of hydrogen-bond donors (Lipinski definition) is 1. The molecule has 5 heteroatoms. The highest BCUT2D eigenvalue weighted by atomic mass is 16.2. The number of rotatable bonds is 1. The molecule has 1 aromatic rings. The maximum atomic E-state index is 12.5. The van der Waals surface area contributed by atoms with Gasteiger partial charge in [-0.15, -0.1) is 0 Å². The van der Waals surface area contributed by atoms with Crippen molar-refractivity contribution in [1.29, 1.82) is 0 Å². The summed E-state index contributed by atoms with van der Waals surface area (Å²) in [7, 11) is 0. The second-order valence-corrected chi connectivity index (χ2v) is 5.54. The van der Waals surface area contributed by atoms with Gasteiger partial charge in [0.15, 0.2) is 0 Å². The van der Waals surface area contributed by atoms with Crippen molar-refractivity contribution >= 4 is 11.9 Å².